The lowest BCUT2D eigenvalue weighted by atomic mass is 9.87. The highest BCUT2D eigenvalue weighted by atomic mass is 16.5. The molecule has 2 N–H and O–H groups in total. The van der Waals surface area contributed by atoms with E-state index < -0.39 is 5.97 Å². The normalized spacial score (nSPS) is 17.4. The zero-order valence-corrected chi connectivity index (χ0v) is 20.8. The largest absolute Gasteiger partial charge is 0.489 e. The minimum absolute atomic E-state index is 0.121. The first-order valence-electron chi connectivity index (χ1n) is 12.4. The molecule has 3 aromatic heterocycles. The van der Waals surface area contributed by atoms with Crippen molar-refractivity contribution in [3.05, 3.63) is 66.1 Å². The Morgan fingerprint density at radius 2 is 1.95 bits per heavy atom. The molecule has 0 amide bonds. The summed E-state index contributed by atoms with van der Waals surface area (Å²) >= 11 is 0. The molecule has 0 aliphatic heterocycles. The van der Waals surface area contributed by atoms with Crippen LogP contribution in [-0.2, 0) is 18.4 Å². The van der Waals surface area contributed by atoms with Crippen LogP contribution in [0.4, 0.5) is 5.95 Å². The Kier molecular flexibility index (Phi) is 7.07. The molecule has 0 saturated heterocycles. The maximum atomic E-state index is 11.4. The average molecular weight is 500 g/mol. The SMILES string of the molecule is Cc1nc(-c2nnn(C)c2CNc2nccc(-c3ccccc3)n2)ccc1O[C@H]1CCC[C@H](C(=O)O)C1. The molecule has 1 aliphatic rings. The molecule has 5 rings (SSSR count). The van der Waals surface area contributed by atoms with Crippen molar-refractivity contribution < 1.29 is 14.6 Å². The van der Waals surface area contributed by atoms with Crippen molar-refractivity contribution in [2.75, 3.05) is 5.32 Å². The van der Waals surface area contributed by atoms with Gasteiger partial charge in [0.2, 0.25) is 5.95 Å². The summed E-state index contributed by atoms with van der Waals surface area (Å²) < 4.78 is 7.86. The van der Waals surface area contributed by atoms with Crippen molar-refractivity contribution in [1.29, 1.82) is 0 Å². The molecule has 0 radical (unpaired) electrons. The van der Waals surface area contributed by atoms with Crippen LogP contribution in [0, 0.1) is 12.8 Å². The van der Waals surface area contributed by atoms with Crippen molar-refractivity contribution in [2.45, 2.75) is 45.3 Å². The van der Waals surface area contributed by atoms with Crippen LogP contribution in [-0.4, -0.2) is 47.1 Å². The molecule has 10 heteroatoms. The Bertz CT molecular complexity index is 1390. The van der Waals surface area contributed by atoms with E-state index in [-0.39, 0.29) is 12.0 Å². The van der Waals surface area contributed by atoms with Crippen LogP contribution in [0.1, 0.15) is 37.1 Å². The molecule has 4 aromatic rings. The van der Waals surface area contributed by atoms with Gasteiger partial charge in [0.05, 0.1) is 41.3 Å². The number of nitrogens with one attached hydrogen (secondary N) is 1. The van der Waals surface area contributed by atoms with Crippen LogP contribution in [0.2, 0.25) is 0 Å². The summed E-state index contributed by atoms with van der Waals surface area (Å²) in [6.45, 7) is 2.29. The number of carbonyl (C=O) groups is 1. The summed E-state index contributed by atoms with van der Waals surface area (Å²) in [5.41, 5.74) is 4.75. The summed E-state index contributed by atoms with van der Waals surface area (Å²) in [6.07, 6.45) is 4.53. The number of aromatic nitrogens is 6. The third kappa shape index (κ3) is 5.58. The van der Waals surface area contributed by atoms with Gasteiger partial charge >= 0.3 is 5.97 Å². The first-order chi connectivity index (χ1) is 18.0. The van der Waals surface area contributed by atoms with Gasteiger partial charge < -0.3 is 15.2 Å². The smallest absolute Gasteiger partial charge is 0.306 e. The van der Waals surface area contributed by atoms with Crippen LogP contribution >= 0.6 is 0 Å². The number of aliphatic carboxylic acids is 1. The maximum Gasteiger partial charge on any atom is 0.306 e. The zero-order chi connectivity index (χ0) is 25.8. The fourth-order valence-electron chi connectivity index (χ4n) is 4.61. The second kappa shape index (κ2) is 10.7. The van der Waals surface area contributed by atoms with E-state index in [1.165, 1.54) is 0 Å². The number of carboxylic acids is 1. The Balaban J connectivity index is 1.30. The lowest BCUT2D eigenvalue weighted by molar-refractivity contribution is -0.143. The maximum absolute atomic E-state index is 11.4. The van der Waals surface area contributed by atoms with Gasteiger partial charge in [0, 0.05) is 18.8 Å². The van der Waals surface area contributed by atoms with E-state index in [1.54, 1.807) is 10.9 Å². The molecule has 10 nitrogen and oxygen atoms in total. The molecule has 1 aromatic carbocycles. The number of pyridine rings is 1. The third-order valence-corrected chi connectivity index (χ3v) is 6.63. The van der Waals surface area contributed by atoms with E-state index in [0.29, 0.717) is 42.5 Å². The molecular formula is C27H29N7O3. The average Bonchev–Trinajstić information content (AvgIpc) is 3.29. The number of rotatable bonds is 8. The van der Waals surface area contributed by atoms with E-state index in [9.17, 15) is 9.90 Å². The van der Waals surface area contributed by atoms with E-state index >= 15 is 0 Å². The van der Waals surface area contributed by atoms with Gasteiger partial charge in [-0.1, -0.05) is 35.5 Å². The topological polar surface area (TPSA) is 128 Å². The van der Waals surface area contributed by atoms with E-state index in [4.69, 9.17) is 9.72 Å². The lowest BCUT2D eigenvalue weighted by Gasteiger charge is -2.27. The summed E-state index contributed by atoms with van der Waals surface area (Å²) in [6, 6.07) is 15.6. The number of anilines is 1. The van der Waals surface area contributed by atoms with Gasteiger partial charge in [0.15, 0.2) is 0 Å². The van der Waals surface area contributed by atoms with Crippen molar-refractivity contribution >= 4 is 11.9 Å². The number of benzene rings is 1. The molecule has 3 heterocycles. The molecule has 2 atom stereocenters. The Labute approximate surface area is 214 Å². The minimum atomic E-state index is -0.750. The Hall–Kier alpha value is -4.34. The van der Waals surface area contributed by atoms with Gasteiger partial charge in [-0.3, -0.25) is 4.79 Å². The van der Waals surface area contributed by atoms with Crippen LogP contribution < -0.4 is 10.1 Å². The predicted molar refractivity (Wildman–Crippen MR) is 138 cm³/mol. The number of ether oxygens (including phenoxy) is 1. The molecule has 1 fully saturated rings. The van der Waals surface area contributed by atoms with Gasteiger partial charge in [-0.2, -0.15) is 0 Å². The van der Waals surface area contributed by atoms with Gasteiger partial charge in [-0.25, -0.2) is 19.6 Å². The monoisotopic (exact) mass is 499 g/mol. The molecule has 0 bridgehead atoms. The van der Waals surface area contributed by atoms with Crippen molar-refractivity contribution in [1.82, 2.24) is 29.9 Å². The molecule has 1 saturated carbocycles. The molecular weight excluding hydrogens is 470 g/mol. The summed E-state index contributed by atoms with van der Waals surface area (Å²) in [4.78, 5) is 25.1. The molecule has 1 aliphatic carbocycles. The lowest BCUT2D eigenvalue weighted by Crippen LogP contribution is -2.29. The van der Waals surface area contributed by atoms with Gasteiger partial charge in [-0.15, -0.1) is 5.10 Å². The Morgan fingerprint density at radius 1 is 1.11 bits per heavy atom. The summed E-state index contributed by atoms with van der Waals surface area (Å²) in [7, 11) is 1.83. The van der Waals surface area contributed by atoms with E-state index in [2.05, 4.69) is 25.6 Å². The predicted octanol–water partition coefficient (Wildman–Crippen LogP) is 4.28. The Morgan fingerprint density at radius 3 is 2.73 bits per heavy atom. The van der Waals surface area contributed by atoms with E-state index in [0.717, 1.165) is 35.5 Å². The van der Waals surface area contributed by atoms with Crippen LogP contribution in [0.3, 0.4) is 0 Å². The van der Waals surface area contributed by atoms with Gasteiger partial charge in [0.1, 0.15) is 11.4 Å². The summed E-state index contributed by atoms with van der Waals surface area (Å²) in [5, 5.41) is 21.2. The summed E-state index contributed by atoms with van der Waals surface area (Å²) in [5.74, 6) is 0.0702. The molecule has 0 spiro atoms. The van der Waals surface area contributed by atoms with Crippen LogP contribution in [0.25, 0.3) is 22.6 Å². The highest BCUT2D eigenvalue weighted by Gasteiger charge is 2.28. The number of hydrogen-bond acceptors (Lipinski definition) is 8. The standard InChI is InChI=1S/C27H29N7O3/c1-17-24(37-20-10-6-9-19(15-20)26(35)36)12-11-22(30-17)25-23(34(2)33-32-25)16-29-27-28-14-13-21(31-27)18-7-4-3-5-8-18/h3-5,7-8,11-14,19-20H,6,9-10,15-16H2,1-2H3,(H,35,36)(H,28,29,31)/t19-,20-/m0/s1. The van der Waals surface area contributed by atoms with Gasteiger partial charge in [-0.05, 0) is 50.8 Å². The number of nitrogens with zero attached hydrogens (tertiary/aromatic N) is 6. The first kappa shape index (κ1) is 24.4. The highest BCUT2D eigenvalue weighted by molar-refractivity contribution is 5.70. The van der Waals surface area contributed by atoms with Crippen molar-refractivity contribution in [2.24, 2.45) is 13.0 Å². The van der Waals surface area contributed by atoms with Gasteiger partial charge in [0.25, 0.3) is 0 Å². The number of aryl methyl sites for hydroxylation is 2. The fourth-order valence-corrected chi connectivity index (χ4v) is 4.61. The number of carboxylic acid groups (broad SMARTS) is 1. The van der Waals surface area contributed by atoms with Crippen molar-refractivity contribution in [3.63, 3.8) is 0 Å². The molecule has 0 unspecified atom stereocenters. The zero-order valence-electron chi connectivity index (χ0n) is 20.8. The molecule has 190 valence electrons. The fraction of sp³-hybridized carbons (Fsp3) is 0.333. The highest BCUT2D eigenvalue weighted by Crippen LogP contribution is 2.30. The number of hydrogen-bond donors (Lipinski definition) is 2. The van der Waals surface area contributed by atoms with Crippen LogP contribution in [0.15, 0.2) is 54.7 Å². The van der Waals surface area contributed by atoms with E-state index in [1.807, 2.05) is 62.5 Å². The second-order valence-corrected chi connectivity index (χ2v) is 9.22. The quantitative estimate of drug-likeness (QED) is 0.365. The molecule has 37 heavy (non-hydrogen) atoms. The second-order valence-electron chi connectivity index (χ2n) is 9.22. The first-order valence-corrected chi connectivity index (χ1v) is 12.4. The van der Waals surface area contributed by atoms with Crippen molar-refractivity contribution in [3.8, 4) is 28.4 Å². The minimum Gasteiger partial charge on any atom is -0.489 e. The third-order valence-electron chi connectivity index (χ3n) is 6.63. The van der Waals surface area contributed by atoms with Crippen LogP contribution in [0.5, 0.6) is 5.75 Å².